The molecule has 5 nitrogen and oxygen atoms in total. The number of carbonyl (C=O) groups excluding carboxylic acids is 1. The van der Waals surface area contributed by atoms with E-state index in [9.17, 15) is 9.59 Å². The van der Waals surface area contributed by atoms with Crippen LogP contribution < -0.4 is 5.56 Å². The molecule has 0 saturated heterocycles. The number of hydrogen-bond acceptors (Lipinski definition) is 4. The molecule has 0 saturated carbocycles. The van der Waals surface area contributed by atoms with Crippen LogP contribution in [0.15, 0.2) is 58.5 Å². The van der Waals surface area contributed by atoms with Gasteiger partial charge in [-0.15, -0.1) is 0 Å². The monoisotopic (exact) mass is 421 g/mol. The fourth-order valence-corrected chi connectivity index (χ4v) is 4.70. The van der Waals surface area contributed by atoms with Crippen molar-refractivity contribution in [2.45, 2.75) is 44.9 Å². The van der Waals surface area contributed by atoms with Gasteiger partial charge in [0, 0.05) is 19.6 Å². The largest absolute Gasteiger partial charge is 0.337 e. The van der Waals surface area contributed by atoms with E-state index in [-0.39, 0.29) is 17.2 Å². The van der Waals surface area contributed by atoms with Crippen molar-refractivity contribution in [2.24, 2.45) is 5.92 Å². The van der Waals surface area contributed by atoms with Crippen LogP contribution in [0.2, 0.25) is 0 Å². The van der Waals surface area contributed by atoms with Crippen molar-refractivity contribution < 1.29 is 4.79 Å². The number of rotatable bonds is 6. The first-order valence-corrected chi connectivity index (χ1v) is 11.5. The first-order valence-electron chi connectivity index (χ1n) is 10.5. The summed E-state index contributed by atoms with van der Waals surface area (Å²) in [6.07, 6.45) is 1.78. The highest BCUT2D eigenvalue weighted by atomic mass is 32.2. The van der Waals surface area contributed by atoms with Crippen LogP contribution in [-0.4, -0.2) is 32.7 Å². The van der Waals surface area contributed by atoms with E-state index >= 15 is 0 Å². The SMILES string of the molecule is CC(C)CCn1c(SCC(=O)N2CCc3ccccc3C2)nc2ccccc2c1=O. The quantitative estimate of drug-likeness (QED) is 0.444. The van der Waals surface area contributed by atoms with Gasteiger partial charge in [0.2, 0.25) is 5.91 Å². The van der Waals surface area contributed by atoms with Crippen LogP contribution in [0.5, 0.6) is 0 Å². The van der Waals surface area contributed by atoms with Crippen LogP contribution in [0, 0.1) is 5.92 Å². The molecule has 3 aromatic rings. The molecular formula is C24H27N3O2S. The Balaban J connectivity index is 1.53. The molecule has 0 fully saturated rings. The second kappa shape index (κ2) is 9.04. The van der Waals surface area contributed by atoms with Gasteiger partial charge >= 0.3 is 0 Å². The summed E-state index contributed by atoms with van der Waals surface area (Å²) in [6.45, 7) is 6.29. The Hall–Kier alpha value is -2.60. The van der Waals surface area contributed by atoms with Gasteiger partial charge in [0.15, 0.2) is 5.16 Å². The maximum absolute atomic E-state index is 13.1. The van der Waals surface area contributed by atoms with Crippen molar-refractivity contribution in [3.8, 4) is 0 Å². The summed E-state index contributed by atoms with van der Waals surface area (Å²) in [5.41, 5.74) is 3.21. The number of para-hydroxylation sites is 1. The van der Waals surface area contributed by atoms with Crippen molar-refractivity contribution in [2.75, 3.05) is 12.3 Å². The minimum absolute atomic E-state index is 0.0249. The smallest absolute Gasteiger partial charge is 0.262 e. The van der Waals surface area contributed by atoms with Crippen molar-refractivity contribution in [3.05, 3.63) is 70.0 Å². The third kappa shape index (κ3) is 4.43. The van der Waals surface area contributed by atoms with Gasteiger partial charge in [0.25, 0.3) is 5.56 Å². The zero-order valence-electron chi connectivity index (χ0n) is 17.5. The summed E-state index contributed by atoms with van der Waals surface area (Å²) in [5, 5.41) is 1.26. The van der Waals surface area contributed by atoms with Gasteiger partial charge in [0.1, 0.15) is 0 Å². The molecule has 1 amide bonds. The minimum atomic E-state index is -0.0249. The van der Waals surface area contributed by atoms with Crippen LogP contribution in [-0.2, 0) is 24.3 Å². The van der Waals surface area contributed by atoms with E-state index in [1.54, 1.807) is 4.57 Å². The molecule has 1 aliphatic heterocycles. The molecule has 0 unspecified atom stereocenters. The minimum Gasteiger partial charge on any atom is -0.337 e. The van der Waals surface area contributed by atoms with Crippen molar-refractivity contribution >= 4 is 28.6 Å². The molecule has 0 bridgehead atoms. The Morgan fingerprint density at radius 3 is 2.63 bits per heavy atom. The first-order chi connectivity index (χ1) is 14.5. The lowest BCUT2D eigenvalue weighted by Gasteiger charge is -2.28. The average Bonchev–Trinajstić information content (AvgIpc) is 2.76. The zero-order chi connectivity index (χ0) is 21.1. The molecule has 2 aromatic carbocycles. The van der Waals surface area contributed by atoms with E-state index in [1.807, 2.05) is 41.3 Å². The molecule has 156 valence electrons. The lowest BCUT2D eigenvalue weighted by atomic mass is 10.00. The van der Waals surface area contributed by atoms with E-state index < -0.39 is 0 Å². The maximum atomic E-state index is 13.1. The molecule has 0 radical (unpaired) electrons. The second-order valence-corrected chi connectivity index (χ2v) is 9.12. The van der Waals surface area contributed by atoms with Gasteiger partial charge in [-0.05, 0) is 42.0 Å². The van der Waals surface area contributed by atoms with E-state index in [0.717, 1.165) is 19.4 Å². The highest BCUT2D eigenvalue weighted by Crippen LogP contribution is 2.22. The normalized spacial score (nSPS) is 13.6. The van der Waals surface area contributed by atoms with Crippen LogP contribution in [0.1, 0.15) is 31.4 Å². The summed E-state index contributed by atoms with van der Waals surface area (Å²) < 4.78 is 1.74. The number of carbonyl (C=O) groups is 1. The topological polar surface area (TPSA) is 55.2 Å². The predicted molar refractivity (Wildman–Crippen MR) is 122 cm³/mol. The molecule has 0 N–H and O–H groups in total. The Bertz CT molecular complexity index is 1120. The molecular weight excluding hydrogens is 394 g/mol. The molecule has 6 heteroatoms. The number of fused-ring (bicyclic) bond motifs is 2. The number of amides is 1. The summed E-state index contributed by atoms with van der Waals surface area (Å²) in [7, 11) is 0. The van der Waals surface area contributed by atoms with Crippen molar-refractivity contribution in [3.63, 3.8) is 0 Å². The van der Waals surface area contributed by atoms with E-state index in [1.165, 1.54) is 22.9 Å². The van der Waals surface area contributed by atoms with Gasteiger partial charge in [-0.3, -0.25) is 14.2 Å². The highest BCUT2D eigenvalue weighted by Gasteiger charge is 2.21. The van der Waals surface area contributed by atoms with Crippen LogP contribution in [0.25, 0.3) is 10.9 Å². The van der Waals surface area contributed by atoms with E-state index in [0.29, 0.717) is 35.1 Å². The summed E-state index contributed by atoms with van der Waals surface area (Å²) >= 11 is 1.37. The molecule has 30 heavy (non-hydrogen) atoms. The molecule has 1 aromatic heterocycles. The average molecular weight is 422 g/mol. The molecule has 0 aliphatic carbocycles. The Morgan fingerprint density at radius 2 is 1.83 bits per heavy atom. The number of hydrogen-bond donors (Lipinski definition) is 0. The van der Waals surface area contributed by atoms with Gasteiger partial charge < -0.3 is 4.90 Å². The van der Waals surface area contributed by atoms with Crippen LogP contribution in [0.4, 0.5) is 0 Å². The van der Waals surface area contributed by atoms with Gasteiger partial charge in [-0.2, -0.15) is 0 Å². The predicted octanol–water partition coefficient (Wildman–Crippen LogP) is 4.12. The van der Waals surface area contributed by atoms with Crippen molar-refractivity contribution in [1.82, 2.24) is 14.5 Å². The lowest BCUT2D eigenvalue weighted by molar-refractivity contribution is -0.129. The van der Waals surface area contributed by atoms with Gasteiger partial charge in [-0.25, -0.2) is 4.98 Å². The lowest BCUT2D eigenvalue weighted by Crippen LogP contribution is -2.37. The van der Waals surface area contributed by atoms with Gasteiger partial charge in [0.05, 0.1) is 16.7 Å². The molecule has 2 heterocycles. The molecule has 0 spiro atoms. The summed E-state index contributed by atoms with van der Waals surface area (Å²) in [4.78, 5) is 32.6. The molecule has 4 rings (SSSR count). The van der Waals surface area contributed by atoms with Crippen molar-refractivity contribution in [1.29, 1.82) is 0 Å². The first kappa shape index (κ1) is 20.7. The van der Waals surface area contributed by atoms with Gasteiger partial charge in [-0.1, -0.05) is 62.0 Å². The number of thioether (sulfide) groups is 1. The number of benzene rings is 2. The fourth-order valence-electron chi connectivity index (χ4n) is 3.77. The summed E-state index contributed by atoms with van der Waals surface area (Å²) in [6, 6.07) is 15.7. The second-order valence-electron chi connectivity index (χ2n) is 8.17. The Labute approximate surface area is 181 Å². The van der Waals surface area contributed by atoms with E-state index in [4.69, 9.17) is 4.98 Å². The zero-order valence-corrected chi connectivity index (χ0v) is 18.3. The van der Waals surface area contributed by atoms with Crippen LogP contribution >= 0.6 is 11.8 Å². The number of nitrogens with zero attached hydrogens (tertiary/aromatic N) is 3. The number of aromatic nitrogens is 2. The Kier molecular flexibility index (Phi) is 6.23. The molecule has 0 atom stereocenters. The third-order valence-electron chi connectivity index (χ3n) is 5.56. The van der Waals surface area contributed by atoms with Crippen LogP contribution in [0.3, 0.4) is 0 Å². The standard InChI is InChI=1S/C24H27N3O2S/c1-17(2)11-14-27-23(29)20-9-5-6-10-21(20)25-24(27)30-16-22(28)26-13-12-18-7-3-4-8-19(18)15-26/h3-10,17H,11-16H2,1-2H3. The molecule has 1 aliphatic rings. The highest BCUT2D eigenvalue weighted by molar-refractivity contribution is 7.99. The maximum Gasteiger partial charge on any atom is 0.262 e. The summed E-state index contributed by atoms with van der Waals surface area (Å²) in [5.74, 6) is 0.859. The Morgan fingerprint density at radius 1 is 1.10 bits per heavy atom. The third-order valence-corrected chi connectivity index (χ3v) is 6.53. The van der Waals surface area contributed by atoms with E-state index in [2.05, 4.69) is 26.0 Å². The fraction of sp³-hybridized carbons (Fsp3) is 0.375.